The van der Waals surface area contributed by atoms with Gasteiger partial charge >= 0.3 is 19.8 Å². The van der Waals surface area contributed by atoms with Gasteiger partial charge in [0.15, 0.2) is 32.4 Å². The molecule has 0 saturated carbocycles. The molecular formula is C16H26F6N2O7S2Si. The van der Waals surface area contributed by atoms with Gasteiger partial charge in [-0.15, -0.1) is 0 Å². The van der Waals surface area contributed by atoms with Crippen molar-refractivity contribution in [2.24, 2.45) is 0 Å². The van der Waals surface area contributed by atoms with E-state index in [1.54, 1.807) is 21.3 Å². The first-order valence-corrected chi connectivity index (χ1v) is 14.2. The highest BCUT2D eigenvalue weighted by atomic mass is 32.3. The summed E-state index contributed by atoms with van der Waals surface area (Å²) in [5.74, 6) is 0. The van der Waals surface area contributed by atoms with E-state index in [2.05, 4.69) is 36.0 Å². The normalized spacial score (nSPS) is 13.4. The smallest absolute Gasteiger partial charge is 0.421 e. The fraction of sp³-hybridized carbons (Fsp3) is 0.688. The Bertz CT molecular complexity index is 919. The Morgan fingerprint density at radius 2 is 1.41 bits per heavy atom. The summed E-state index contributed by atoms with van der Waals surface area (Å²) in [6.45, 7) is 3.16. The molecule has 0 aliphatic heterocycles. The molecular weight excluding hydrogens is 538 g/mol. The first kappa shape index (κ1) is 32.7. The number of pyridine rings is 1. The third kappa shape index (κ3) is 10.1. The van der Waals surface area contributed by atoms with E-state index in [1.807, 2.05) is 0 Å². The van der Waals surface area contributed by atoms with Gasteiger partial charge in [-0.3, -0.25) is 0 Å². The third-order valence-corrected chi connectivity index (χ3v) is 9.64. The van der Waals surface area contributed by atoms with Gasteiger partial charge in [0.25, 0.3) is 0 Å². The largest absolute Gasteiger partial charge is 0.500 e. The van der Waals surface area contributed by atoms with Crippen LogP contribution < -0.4 is 4.57 Å². The van der Waals surface area contributed by atoms with Gasteiger partial charge in [-0.1, -0.05) is 13.3 Å². The molecule has 1 aromatic rings. The van der Waals surface area contributed by atoms with E-state index in [1.165, 1.54) is 12.0 Å². The minimum absolute atomic E-state index is 0.778. The van der Waals surface area contributed by atoms with Crippen LogP contribution in [0.25, 0.3) is 4.13 Å². The lowest BCUT2D eigenvalue weighted by molar-refractivity contribution is -0.697. The lowest BCUT2D eigenvalue weighted by Crippen LogP contribution is -2.44. The van der Waals surface area contributed by atoms with Gasteiger partial charge in [0.05, 0.1) is 0 Å². The van der Waals surface area contributed by atoms with Gasteiger partial charge < -0.3 is 17.4 Å². The number of aryl methyl sites for hydroxylation is 2. The molecule has 0 aliphatic rings. The maximum Gasteiger partial charge on any atom is 0.500 e. The summed E-state index contributed by atoms with van der Waals surface area (Å²) in [6.07, 6.45) is 7.63. The number of sulfonamides is 2. The monoisotopic (exact) mass is 564 g/mol. The van der Waals surface area contributed by atoms with Gasteiger partial charge in [-0.2, -0.15) is 26.3 Å². The number of halogens is 6. The first-order chi connectivity index (χ1) is 15.4. The van der Waals surface area contributed by atoms with Crippen molar-refractivity contribution in [1.29, 1.82) is 0 Å². The summed E-state index contributed by atoms with van der Waals surface area (Å²) in [5, 5.41) is 0. The van der Waals surface area contributed by atoms with Crippen LogP contribution in [0.4, 0.5) is 26.3 Å². The summed E-state index contributed by atoms with van der Waals surface area (Å²) < 4.78 is 128. The number of aromatic nitrogens is 1. The van der Waals surface area contributed by atoms with Crippen LogP contribution in [-0.2, 0) is 46.3 Å². The minimum atomic E-state index is -6.72. The molecule has 1 rings (SSSR count). The van der Waals surface area contributed by atoms with Crippen LogP contribution in [0.1, 0.15) is 25.3 Å². The van der Waals surface area contributed by atoms with Crippen LogP contribution in [0, 0.1) is 0 Å². The molecule has 0 N–H and O–H groups in total. The number of rotatable bonds is 11. The predicted molar refractivity (Wildman–Crippen MR) is 110 cm³/mol. The highest BCUT2D eigenvalue weighted by Gasteiger charge is 2.47. The Morgan fingerprint density at radius 1 is 0.941 bits per heavy atom. The molecule has 0 atom stereocenters. The standard InChI is InChI=1S/C14H26NO3Si.C2F6NO4S2/c1-5-8-14-9-6-10-15(13-14)11-7-12-19(16-2,17-3)18-4;3-1(4,5)14(10,11)9-15(12,13)2(6,7)8/h6,9-10,13H,5,7-8,11-12H2,1-4H3;/q+1;-1. The molecule has 0 unspecified atom stereocenters. The average molecular weight is 565 g/mol. The fourth-order valence-corrected chi connectivity index (χ4v) is 5.81. The molecule has 1 heterocycles. The number of hydrogen-bond donors (Lipinski definition) is 0. The average Bonchev–Trinajstić information content (AvgIpc) is 2.70. The van der Waals surface area contributed by atoms with E-state index in [9.17, 15) is 43.2 Å². The first-order valence-electron chi connectivity index (χ1n) is 9.40. The van der Waals surface area contributed by atoms with E-state index in [4.69, 9.17) is 13.3 Å². The molecule has 0 aliphatic carbocycles. The zero-order valence-electron chi connectivity index (χ0n) is 18.7. The van der Waals surface area contributed by atoms with Crippen molar-refractivity contribution in [1.82, 2.24) is 0 Å². The zero-order valence-corrected chi connectivity index (χ0v) is 21.3. The van der Waals surface area contributed by atoms with Gasteiger partial charge in [0.1, 0.15) is 6.54 Å². The van der Waals surface area contributed by atoms with Crippen LogP contribution in [0.2, 0.25) is 6.04 Å². The van der Waals surface area contributed by atoms with Crippen molar-refractivity contribution in [2.75, 3.05) is 21.3 Å². The number of nitrogens with zero attached hydrogens (tertiary/aromatic N) is 2. The molecule has 34 heavy (non-hydrogen) atoms. The Hall–Kier alpha value is -1.31. The van der Waals surface area contributed by atoms with Crippen molar-refractivity contribution >= 4 is 28.9 Å². The lowest BCUT2D eigenvalue weighted by atomic mass is 10.2. The summed E-state index contributed by atoms with van der Waals surface area (Å²) in [7, 11) is -10.9. The second kappa shape index (κ2) is 13.1. The molecule has 1 aromatic heterocycles. The Morgan fingerprint density at radius 3 is 1.79 bits per heavy atom. The van der Waals surface area contributed by atoms with Crippen molar-refractivity contribution in [3.05, 3.63) is 34.2 Å². The van der Waals surface area contributed by atoms with E-state index < -0.39 is 39.9 Å². The van der Waals surface area contributed by atoms with Crippen molar-refractivity contribution < 1.29 is 61.0 Å². The van der Waals surface area contributed by atoms with Crippen LogP contribution in [0.3, 0.4) is 0 Å². The van der Waals surface area contributed by atoms with Crippen LogP contribution in [0.15, 0.2) is 24.5 Å². The second-order valence-electron chi connectivity index (χ2n) is 6.52. The zero-order chi connectivity index (χ0) is 26.8. The van der Waals surface area contributed by atoms with Crippen LogP contribution >= 0.6 is 0 Å². The van der Waals surface area contributed by atoms with E-state index >= 15 is 0 Å². The minimum Gasteiger partial charge on any atom is -0.421 e. The van der Waals surface area contributed by atoms with Crippen molar-refractivity contribution in [2.45, 2.75) is 49.8 Å². The SMILES string of the molecule is CCCc1ccc[n+](CCC[Si](OC)(OC)OC)c1.O=S(=O)([N-]S(=O)(=O)C(F)(F)F)C(F)(F)F. The third-order valence-electron chi connectivity index (χ3n) is 4.07. The number of hydrogen-bond acceptors (Lipinski definition) is 7. The fourth-order valence-electron chi connectivity index (χ4n) is 2.40. The van der Waals surface area contributed by atoms with Gasteiger partial charge in [0.2, 0.25) is 0 Å². The molecule has 0 amide bonds. The molecule has 0 bridgehead atoms. The van der Waals surface area contributed by atoms with Crippen LogP contribution in [0.5, 0.6) is 0 Å². The quantitative estimate of drug-likeness (QED) is 0.230. The molecule has 0 radical (unpaired) electrons. The Balaban J connectivity index is 0.000000661. The summed E-state index contributed by atoms with van der Waals surface area (Å²) >= 11 is 0. The summed E-state index contributed by atoms with van der Waals surface area (Å²) in [4.78, 5) is 0. The molecule has 0 spiro atoms. The molecule has 9 nitrogen and oxygen atoms in total. The van der Waals surface area contributed by atoms with Gasteiger partial charge in [-0.25, -0.2) is 21.4 Å². The molecule has 18 heteroatoms. The summed E-state index contributed by atoms with van der Waals surface area (Å²) in [6, 6.07) is 5.12. The van der Waals surface area contributed by atoms with E-state index in [0.29, 0.717) is 0 Å². The maximum atomic E-state index is 11.4. The molecule has 200 valence electrons. The topological polar surface area (TPSA) is 114 Å². The maximum absolute atomic E-state index is 11.4. The highest BCUT2D eigenvalue weighted by molar-refractivity contribution is 8.13. The molecule has 0 fully saturated rings. The van der Waals surface area contributed by atoms with Crippen LogP contribution in [-0.4, -0.2) is 58.0 Å². The highest BCUT2D eigenvalue weighted by Crippen LogP contribution is 2.36. The molecule has 0 aromatic carbocycles. The van der Waals surface area contributed by atoms with Crippen molar-refractivity contribution in [3.8, 4) is 0 Å². The van der Waals surface area contributed by atoms with Gasteiger partial charge in [-0.05, 0) is 12.5 Å². The lowest BCUT2D eigenvalue weighted by Gasteiger charge is -2.23. The number of alkyl halides is 6. The predicted octanol–water partition coefficient (Wildman–Crippen LogP) is 3.25. The summed E-state index contributed by atoms with van der Waals surface area (Å²) in [5.41, 5.74) is -11.0. The van der Waals surface area contributed by atoms with E-state index in [-0.39, 0.29) is 0 Å². The Kier molecular flexibility index (Phi) is 12.6. The Labute approximate surface area is 195 Å². The van der Waals surface area contributed by atoms with Crippen molar-refractivity contribution in [3.63, 3.8) is 0 Å². The van der Waals surface area contributed by atoms with E-state index in [0.717, 1.165) is 29.6 Å². The second-order valence-corrected chi connectivity index (χ2v) is 13.0. The van der Waals surface area contributed by atoms with Gasteiger partial charge in [0, 0.05) is 45.4 Å². The molecule has 0 saturated heterocycles.